The maximum Gasteiger partial charge on any atom is 0.292 e. The Balaban J connectivity index is 1.74. The Hall–Kier alpha value is -3.60. The third-order valence-electron chi connectivity index (χ3n) is 5.70. The van der Waals surface area contributed by atoms with Crippen molar-refractivity contribution < 1.29 is 9.72 Å². The van der Waals surface area contributed by atoms with E-state index in [9.17, 15) is 20.2 Å². The fourth-order valence-electron chi connectivity index (χ4n) is 4.05. The minimum Gasteiger partial charge on any atom is -0.362 e. The van der Waals surface area contributed by atoms with Gasteiger partial charge in [-0.2, -0.15) is 5.26 Å². The molecule has 0 saturated carbocycles. The van der Waals surface area contributed by atoms with Gasteiger partial charge in [-0.15, -0.1) is 0 Å². The standard InChI is InChI=1S/C23H27N5O3/c1-4-9-27-17(2)14-19(18(27)3)15-20(16-24)23(29)26-12-10-25(11-13-26)21-7-5-6-8-22(21)28(30)31/h5-8,14-15H,4,9-13H2,1-3H3/b20-15+. The summed E-state index contributed by atoms with van der Waals surface area (Å²) in [7, 11) is 0. The number of nitriles is 1. The lowest BCUT2D eigenvalue weighted by atomic mass is 10.1. The summed E-state index contributed by atoms with van der Waals surface area (Å²) in [4.78, 5) is 27.5. The van der Waals surface area contributed by atoms with Gasteiger partial charge in [0.2, 0.25) is 0 Å². The van der Waals surface area contributed by atoms with Crippen LogP contribution in [0.3, 0.4) is 0 Å². The number of para-hydroxylation sites is 2. The minimum atomic E-state index is -0.390. The second kappa shape index (κ2) is 9.47. The van der Waals surface area contributed by atoms with Crippen LogP contribution < -0.4 is 4.90 Å². The molecule has 0 N–H and O–H groups in total. The number of nitrogens with zero attached hydrogens (tertiary/aromatic N) is 5. The summed E-state index contributed by atoms with van der Waals surface area (Å²) in [5.74, 6) is -0.301. The van der Waals surface area contributed by atoms with Gasteiger partial charge in [-0.05, 0) is 44.0 Å². The molecule has 2 aromatic rings. The van der Waals surface area contributed by atoms with Crippen LogP contribution in [0.5, 0.6) is 0 Å². The number of carbonyl (C=O) groups is 1. The van der Waals surface area contributed by atoms with Gasteiger partial charge in [0.15, 0.2) is 0 Å². The van der Waals surface area contributed by atoms with Crippen LogP contribution in [0.15, 0.2) is 35.9 Å². The first kappa shape index (κ1) is 22.1. The fraction of sp³-hybridized carbons (Fsp3) is 0.391. The molecule has 1 amide bonds. The van der Waals surface area contributed by atoms with Crippen molar-refractivity contribution in [1.29, 1.82) is 5.26 Å². The van der Waals surface area contributed by atoms with E-state index in [-0.39, 0.29) is 17.2 Å². The van der Waals surface area contributed by atoms with Gasteiger partial charge in [-0.25, -0.2) is 0 Å². The van der Waals surface area contributed by atoms with Crippen LogP contribution in [0.1, 0.15) is 30.3 Å². The molecule has 0 bridgehead atoms. The molecule has 0 spiro atoms. The Morgan fingerprint density at radius 3 is 2.52 bits per heavy atom. The second-order valence-electron chi connectivity index (χ2n) is 7.67. The largest absolute Gasteiger partial charge is 0.362 e. The van der Waals surface area contributed by atoms with Crippen molar-refractivity contribution >= 4 is 23.4 Å². The number of nitro groups is 1. The lowest BCUT2D eigenvalue weighted by Crippen LogP contribution is -2.49. The fourth-order valence-corrected chi connectivity index (χ4v) is 4.05. The number of nitro benzene ring substituents is 1. The minimum absolute atomic E-state index is 0.0577. The van der Waals surface area contributed by atoms with E-state index < -0.39 is 4.92 Å². The molecule has 1 saturated heterocycles. The van der Waals surface area contributed by atoms with E-state index in [1.54, 1.807) is 29.2 Å². The highest BCUT2D eigenvalue weighted by Gasteiger charge is 2.27. The highest BCUT2D eigenvalue weighted by atomic mass is 16.6. The quantitative estimate of drug-likeness (QED) is 0.307. The van der Waals surface area contributed by atoms with Gasteiger partial charge in [0.25, 0.3) is 11.6 Å². The Morgan fingerprint density at radius 2 is 1.90 bits per heavy atom. The van der Waals surface area contributed by atoms with Crippen LogP contribution in [-0.2, 0) is 11.3 Å². The summed E-state index contributed by atoms with van der Waals surface area (Å²) >= 11 is 0. The van der Waals surface area contributed by atoms with Crippen molar-refractivity contribution in [2.45, 2.75) is 33.7 Å². The zero-order chi connectivity index (χ0) is 22.5. The molecule has 31 heavy (non-hydrogen) atoms. The lowest BCUT2D eigenvalue weighted by molar-refractivity contribution is -0.384. The normalized spacial score (nSPS) is 14.5. The first-order valence-corrected chi connectivity index (χ1v) is 10.4. The van der Waals surface area contributed by atoms with E-state index in [0.717, 1.165) is 29.9 Å². The van der Waals surface area contributed by atoms with E-state index in [2.05, 4.69) is 17.6 Å². The molecule has 0 aliphatic carbocycles. The number of piperazine rings is 1. The molecule has 0 radical (unpaired) electrons. The summed E-state index contributed by atoms with van der Waals surface area (Å²) in [5.41, 5.74) is 3.75. The third-order valence-corrected chi connectivity index (χ3v) is 5.70. The molecule has 1 aliphatic heterocycles. The SMILES string of the molecule is CCCn1c(C)cc(/C=C(\C#N)C(=O)N2CCN(c3ccccc3[N+](=O)[O-])CC2)c1C. The van der Waals surface area contributed by atoms with Gasteiger partial charge in [-0.1, -0.05) is 19.1 Å². The smallest absolute Gasteiger partial charge is 0.292 e. The van der Waals surface area contributed by atoms with E-state index in [1.807, 2.05) is 24.8 Å². The number of hydrogen-bond acceptors (Lipinski definition) is 5. The molecule has 8 heteroatoms. The molecule has 2 heterocycles. The number of amides is 1. The molecule has 0 atom stereocenters. The Kier molecular flexibility index (Phi) is 6.75. The lowest BCUT2D eigenvalue weighted by Gasteiger charge is -2.35. The third kappa shape index (κ3) is 4.61. The molecular weight excluding hydrogens is 394 g/mol. The van der Waals surface area contributed by atoms with Crippen LogP contribution in [0.2, 0.25) is 0 Å². The summed E-state index contributed by atoms with van der Waals surface area (Å²) in [6, 6.07) is 10.7. The van der Waals surface area contributed by atoms with E-state index >= 15 is 0 Å². The van der Waals surface area contributed by atoms with Crippen molar-refractivity contribution in [3.8, 4) is 6.07 Å². The zero-order valence-electron chi connectivity index (χ0n) is 18.2. The van der Waals surface area contributed by atoms with Gasteiger partial charge >= 0.3 is 0 Å². The van der Waals surface area contributed by atoms with Gasteiger partial charge in [0, 0.05) is 50.2 Å². The van der Waals surface area contributed by atoms with Gasteiger partial charge in [0.1, 0.15) is 17.3 Å². The summed E-state index contributed by atoms with van der Waals surface area (Å²) in [5, 5.41) is 20.9. The predicted molar refractivity (Wildman–Crippen MR) is 120 cm³/mol. The number of benzene rings is 1. The highest BCUT2D eigenvalue weighted by molar-refractivity contribution is 6.02. The number of anilines is 1. The van der Waals surface area contributed by atoms with Gasteiger partial charge in [0.05, 0.1) is 4.92 Å². The Morgan fingerprint density at radius 1 is 1.23 bits per heavy atom. The van der Waals surface area contributed by atoms with E-state index in [4.69, 9.17) is 0 Å². The van der Waals surface area contributed by atoms with Gasteiger partial charge < -0.3 is 14.4 Å². The Labute approximate surface area is 182 Å². The number of hydrogen-bond donors (Lipinski definition) is 0. The molecule has 1 aromatic heterocycles. The zero-order valence-corrected chi connectivity index (χ0v) is 18.2. The monoisotopic (exact) mass is 421 g/mol. The van der Waals surface area contributed by atoms with Gasteiger partial charge in [-0.3, -0.25) is 14.9 Å². The molecular formula is C23H27N5O3. The summed E-state index contributed by atoms with van der Waals surface area (Å²) in [6.45, 7) is 8.78. The van der Waals surface area contributed by atoms with Crippen LogP contribution in [0.4, 0.5) is 11.4 Å². The molecule has 3 rings (SSSR count). The van der Waals surface area contributed by atoms with Crippen LogP contribution in [-0.4, -0.2) is 46.5 Å². The van der Waals surface area contributed by atoms with E-state index in [1.165, 1.54) is 6.07 Å². The number of carbonyl (C=O) groups excluding carboxylic acids is 1. The topological polar surface area (TPSA) is 95.4 Å². The van der Waals surface area contributed by atoms with Crippen LogP contribution >= 0.6 is 0 Å². The Bertz CT molecular complexity index is 1060. The predicted octanol–water partition coefficient (Wildman–Crippen LogP) is 3.68. The summed E-state index contributed by atoms with van der Waals surface area (Å²) < 4.78 is 2.19. The number of rotatable bonds is 6. The molecule has 1 aromatic carbocycles. The maximum absolute atomic E-state index is 13.0. The number of aryl methyl sites for hydroxylation is 1. The first-order chi connectivity index (χ1) is 14.9. The van der Waals surface area contributed by atoms with Crippen LogP contribution in [0.25, 0.3) is 6.08 Å². The van der Waals surface area contributed by atoms with E-state index in [0.29, 0.717) is 31.9 Å². The molecule has 1 fully saturated rings. The molecule has 162 valence electrons. The maximum atomic E-state index is 13.0. The van der Waals surface area contributed by atoms with Crippen molar-refractivity contribution in [2.24, 2.45) is 0 Å². The van der Waals surface area contributed by atoms with Crippen molar-refractivity contribution in [3.63, 3.8) is 0 Å². The van der Waals surface area contributed by atoms with Crippen molar-refractivity contribution in [3.05, 3.63) is 63.0 Å². The molecule has 0 unspecified atom stereocenters. The van der Waals surface area contributed by atoms with Crippen molar-refractivity contribution in [2.75, 3.05) is 31.1 Å². The summed E-state index contributed by atoms with van der Waals surface area (Å²) in [6.07, 6.45) is 2.68. The second-order valence-corrected chi connectivity index (χ2v) is 7.67. The average molecular weight is 422 g/mol. The highest BCUT2D eigenvalue weighted by Crippen LogP contribution is 2.28. The molecule has 1 aliphatic rings. The first-order valence-electron chi connectivity index (χ1n) is 10.4. The molecule has 8 nitrogen and oxygen atoms in total. The van der Waals surface area contributed by atoms with Crippen LogP contribution in [0, 0.1) is 35.3 Å². The average Bonchev–Trinajstić information content (AvgIpc) is 3.04. The number of aromatic nitrogens is 1. The van der Waals surface area contributed by atoms with Crippen molar-refractivity contribution in [1.82, 2.24) is 9.47 Å².